The highest BCUT2D eigenvalue weighted by atomic mass is 16.3. The highest BCUT2D eigenvalue weighted by molar-refractivity contribution is 5.14. The third-order valence-electron chi connectivity index (χ3n) is 4.74. The first-order chi connectivity index (χ1) is 9.59. The molecule has 0 radical (unpaired) electrons. The Morgan fingerprint density at radius 2 is 2.00 bits per heavy atom. The Hall–Kier alpha value is -0.930. The second kappa shape index (κ2) is 6.68. The van der Waals surface area contributed by atoms with E-state index in [0.717, 1.165) is 25.0 Å². The molecule has 112 valence electrons. The minimum atomic E-state index is -0.382. The van der Waals surface area contributed by atoms with Gasteiger partial charge in [0.15, 0.2) is 0 Å². The molecule has 20 heavy (non-hydrogen) atoms. The van der Waals surface area contributed by atoms with Crippen molar-refractivity contribution in [3.8, 4) is 0 Å². The Labute approximate surface area is 122 Å². The van der Waals surface area contributed by atoms with Crippen molar-refractivity contribution in [2.45, 2.75) is 58.0 Å². The molecule has 1 heterocycles. The Bertz CT molecular complexity index is 399. The predicted molar refractivity (Wildman–Crippen MR) is 82.4 cm³/mol. The van der Waals surface area contributed by atoms with Gasteiger partial charge < -0.3 is 10.8 Å². The quantitative estimate of drug-likeness (QED) is 0.839. The number of aromatic nitrogens is 1. The molecule has 3 N–H and O–H groups in total. The molecule has 2 unspecified atom stereocenters. The summed E-state index contributed by atoms with van der Waals surface area (Å²) in [6, 6.07) is 5.86. The molecule has 1 aromatic heterocycles. The van der Waals surface area contributed by atoms with Gasteiger partial charge in [0, 0.05) is 24.4 Å². The maximum Gasteiger partial charge on any atom is 0.0692 e. The standard InChI is InChI=1S/C17H28N2O/c1-13(2)11-17(8-4-5-9-17)16(20)14(12-18)15-7-3-6-10-19-15/h3,6-7,10,13-14,16,20H,4-5,8-9,11-12,18H2,1-2H3. The summed E-state index contributed by atoms with van der Waals surface area (Å²) >= 11 is 0. The normalized spacial score (nSPS) is 21.1. The summed E-state index contributed by atoms with van der Waals surface area (Å²) < 4.78 is 0. The van der Waals surface area contributed by atoms with Gasteiger partial charge in [-0.15, -0.1) is 0 Å². The van der Waals surface area contributed by atoms with Crippen molar-refractivity contribution >= 4 is 0 Å². The molecular weight excluding hydrogens is 248 g/mol. The minimum Gasteiger partial charge on any atom is -0.392 e. The summed E-state index contributed by atoms with van der Waals surface area (Å²) in [5.74, 6) is 0.554. The van der Waals surface area contributed by atoms with Crippen LogP contribution in [-0.2, 0) is 0 Å². The molecule has 0 bridgehead atoms. The smallest absolute Gasteiger partial charge is 0.0692 e. The second-order valence-electron chi connectivity index (χ2n) is 6.71. The number of aliphatic hydroxyl groups is 1. The molecular formula is C17H28N2O. The number of rotatable bonds is 6. The largest absolute Gasteiger partial charge is 0.392 e. The van der Waals surface area contributed by atoms with E-state index in [0.29, 0.717) is 12.5 Å². The van der Waals surface area contributed by atoms with E-state index in [1.165, 1.54) is 12.8 Å². The number of nitrogens with zero attached hydrogens (tertiary/aromatic N) is 1. The molecule has 0 aromatic carbocycles. The summed E-state index contributed by atoms with van der Waals surface area (Å²) in [4.78, 5) is 4.41. The first kappa shape index (κ1) is 15.5. The zero-order valence-corrected chi connectivity index (χ0v) is 12.8. The maximum atomic E-state index is 11.0. The lowest BCUT2D eigenvalue weighted by molar-refractivity contribution is -0.00589. The number of pyridine rings is 1. The number of hydrogen-bond donors (Lipinski definition) is 2. The van der Waals surface area contributed by atoms with Crippen LogP contribution in [0.1, 0.15) is 57.6 Å². The van der Waals surface area contributed by atoms with Crippen molar-refractivity contribution in [1.29, 1.82) is 0 Å². The molecule has 0 spiro atoms. The van der Waals surface area contributed by atoms with E-state index in [1.807, 2.05) is 18.2 Å². The van der Waals surface area contributed by atoms with E-state index >= 15 is 0 Å². The van der Waals surface area contributed by atoms with Crippen molar-refractivity contribution in [2.24, 2.45) is 17.1 Å². The SMILES string of the molecule is CC(C)CC1(C(O)C(CN)c2ccccn2)CCCC1. The lowest BCUT2D eigenvalue weighted by Gasteiger charge is -2.39. The molecule has 0 amide bonds. The summed E-state index contributed by atoms with van der Waals surface area (Å²) in [7, 11) is 0. The van der Waals surface area contributed by atoms with Crippen molar-refractivity contribution in [3.63, 3.8) is 0 Å². The van der Waals surface area contributed by atoms with Gasteiger partial charge in [-0.1, -0.05) is 32.8 Å². The third-order valence-corrected chi connectivity index (χ3v) is 4.74. The van der Waals surface area contributed by atoms with Crippen molar-refractivity contribution in [1.82, 2.24) is 4.98 Å². The van der Waals surface area contributed by atoms with Gasteiger partial charge in [0.2, 0.25) is 0 Å². The van der Waals surface area contributed by atoms with Crippen LogP contribution in [0.15, 0.2) is 24.4 Å². The van der Waals surface area contributed by atoms with Gasteiger partial charge in [-0.3, -0.25) is 4.98 Å². The number of aliphatic hydroxyl groups excluding tert-OH is 1. The van der Waals surface area contributed by atoms with E-state index in [-0.39, 0.29) is 17.4 Å². The first-order valence-corrected chi connectivity index (χ1v) is 7.88. The average molecular weight is 276 g/mol. The Balaban J connectivity index is 2.23. The van der Waals surface area contributed by atoms with Crippen LogP contribution in [0, 0.1) is 11.3 Å². The average Bonchev–Trinajstić information content (AvgIpc) is 2.89. The maximum absolute atomic E-state index is 11.0. The second-order valence-corrected chi connectivity index (χ2v) is 6.71. The van der Waals surface area contributed by atoms with Crippen LogP contribution in [0.5, 0.6) is 0 Å². The molecule has 1 fully saturated rings. The van der Waals surface area contributed by atoms with E-state index in [4.69, 9.17) is 5.73 Å². The molecule has 3 nitrogen and oxygen atoms in total. The van der Waals surface area contributed by atoms with Gasteiger partial charge in [0.1, 0.15) is 0 Å². The summed E-state index contributed by atoms with van der Waals surface area (Å²) in [5.41, 5.74) is 6.93. The van der Waals surface area contributed by atoms with Gasteiger partial charge in [0.25, 0.3) is 0 Å². The van der Waals surface area contributed by atoms with Crippen molar-refractivity contribution in [3.05, 3.63) is 30.1 Å². The molecule has 0 aliphatic heterocycles. The lowest BCUT2D eigenvalue weighted by atomic mass is 9.69. The molecule has 2 atom stereocenters. The number of hydrogen-bond acceptors (Lipinski definition) is 3. The Kier molecular flexibility index (Phi) is 5.17. The van der Waals surface area contributed by atoms with Crippen LogP contribution >= 0.6 is 0 Å². The van der Waals surface area contributed by atoms with Crippen LogP contribution in [0.3, 0.4) is 0 Å². The van der Waals surface area contributed by atoms with E-state index < -0.39 is 0 Å². The summed E-state index contributed by atoms with van der Waals surface area (Å²) in [6.07, 6.45) is 7.18. The molecule has 0 saturated heterocycles. The topological polar surface area (TPSA) is 59.1 Å². The van der Waals surface area contributed by atoms with Gasteiger partial charge >= 0.3 is 0 Å². The molecule has 3 heteroatoms. The molecule has 1 aliphatic carbocycles. The first-order valence-electron chi connectivity index (χ1n) is 7.88. The number of nitrogens with two attached hydrogens (primary N) is 1. The molecule has 1 saturated carbocycles. The van der Waals surface area contributed by atoms with E-state index in [1.54, 1.807) is 6.20 Å². The van der Waals surface area contributed by atoms with Gasteiger partial charge in [-0.2, -0.15) is 0 Å². The Morgan fingerprint density at radius 3 is 2.50 bits per heavy atom. The lowest BCUT2D eigenvalue weighted by Crippen LogP contribution is -2.41. The highest BCUT2D eigenvalue weighted by Crippen LogP contribution is 2.49. The van der Waals surface area contributed by atoms with Crippen LogP contribution in [0.4, 0.5) is 0 Å². The molecule has 1 aromatic rings. The van der Waals surface area contributed by atoms with Crippen LogP contribution in [0.2, 0.25) is 0 Å². The van der Waals surface area contributed by atoms with Gasteiger partial charge in [-0.25, -0.2) is 0 Å². The highest BCUT2D eigenvalue weighted by Gasteiger charge is 2.44. The zero-order chi connectivity index (χ0) is 14.6. The van der Waals surface area contributed by atoms with Crippen molar-refractivity contribution < 1.29 is 5.11 Å². The van der Waals surface area contributed by atoms with E-state index in [2.05, 4.69) is 18.8 Å². The van der Waals surface area contributed by atoms with Crippen LogP contribution in [-0.4, -0.2) is 22.7 Å². The Morgan fingerprint density at radius 1 is 1.30 bits per heavy atom. The van der Waals surface area contributed by atoms with Crippen LogP contribution in [0.25, 0.3) is 0 Å². The minimum absolute atomic E-state index is 0.0374. The zero-order valence-electron chi connectivity index (χ0n) is 12.8. The fraction of sp³-hybridized carbons (Fsp3) is 0.706. The third kappa shape index (κ3) is 3.21. The summed E-state index contributed by atoms with van der Waals surface area (Å²) in [6.45, 7) is 4.94. The van der Waals surface area contributed by atoms with Crippen LogP contribution < -0.4 is 5.73 Å². The van der Waals surface area contributed by atoms with E-state index in [9.17, 15) is 5.11 Å². The van der Waals surface area contributed by atoms with Gasteiger partial charge in [0.05, 0.1) is 6.10 Å². The fourth-order valence-corrected chi connectivity index (χ4v) is 3.95. The monoisotopic (exact) mass is 276 g/mol. The fourth-order valence-electron chi connectivity index (χ4n) is 3.95. The molecule has 1 aliphatic rings. The van der Waals surface area contributed by atoms with Gasteiger partial charge in [-0.05, 0) is 42.7 Å². The summed E-state index contributed by atoms with van der Waals surface area (Å²) in [5, 5.41) is 11.0. The van der Waals surface area contributed by atoms with Crippen molar-refractivity contribution in [2.75, 3.05) is 6.54 Å². The predicted octanol–water partition coefficient (Wildman–Crippen LogP) is 3.09. The molecule has 2 rings (SSSR count).